The van der Waals surface area contributed by atoms with Gasteiger partial charge >= 0.3 is 0 Å². The molecule has 0 fully saturated rings. The largest absolute Gasteiger partial charge is 0.325 e. The van der Waals surface area contributed by atoms with Gasteiger partial charge in [-0.15, -0.1) is 11.8 Å². The summed E-state index contributed by atoms with van der Waals surface area (Å²) in [5, 5.41) is 2.55. The van der Waals surface area contributed by atoms with Crippen LogP contribution in [-0.2, 0) is 4.79 Å². The molecule has 0 unspecified atom stereocenters. The van der Waals surface area contributed by atoms with E-state index in [4.69, 9.17) is 0 Å². The van der Waals surface area contributed by atoms with Crippen LogP contribution in [0.25, 0.3) is 5.69 Å². The molecule has 0 aliphatic heterocycles. The zero-order valence-electron chi connectivity index (χ0n) is 13.7. The monoisotopic (exact) mass is 377 g/mol. The smallest absolute Gasteiger partial charge is 0.234 e. The minimum absolute atomic E-state index is 0.0907. The second-order valence-electron chi connectivity index (χ2n) is 5.42. The number of rotatable bonds is 5. The molecule has 26 heavy (non-hydrogen) atoms. The Morgan fingerprint density at radius 1 is 1.15 bits per heavy atom. The zero-order chi connectivity index (χ0) is 18.7. The molecule has 1 aromatic heterocycles. The van der Waals surface area contributed by atoms with Gasteiger partial charge in [0.1, 0.15) is 23.3 Å². The second-order valence-corrected chi connectivity index (χ2v) is 6.44. The van der Waals surface area contributed by atoms with E-state index in [-0.39, 0.29) is 16.3 Å². The van der Waals surface area contributed by atoms with Crippen LogP contribution in [0.4, 0.5) is 18.9 Å². The lowest BCUT2D eigenvalue weighted by Crippen LogP contribution is -2.14. The van der Waals surface area contributed by atoms with Crippen LogP contribution in [-0.4, -0.2) is 21.2 Å². The van der Waals surface area contributed by atoms with E-state index in [9.17, 15) is 18.0 Å². The van der Waals surface area contributed by atoms with Gasteiger partial charge in [0, 0.05) is 29.0 Å². The second kappa shape index (κ2) is 7.65. The van der Waals surface area contributed by atoms with Gasteiger partial charge in [-0.1, -0.05) is 0 Å². The predicted octanol–water partition coefficient (Wildman–Crippen LogP) is 4.33. The number of carbonyl (C=O) groups is 1. The van der Waals surface area contributed by atoms with Crippen molar-refractivity contribution >= 4 is 23.4 Å². The molecule has 0 atom stereocenters. The molecule has 1 heterocycles. The van der Waals surface area contributed by atoms with Gasteiger partial charge < -0.3 is 9.88 Å². The SMILES string of the molecule is Cc1nccn1-c1ccc(NC(=O)CSc2ccc(F)cc2F)cc1F. The summed E-state index contributed by atoms with van der Waals surface area (Å²) in [5.41, 5.74) is 0.606. The van der Waals surface area contributed by atoms with Crippen molar-refractivity contribution in [2.75, 3.05) is 11.1 Å². The predicted molar refractivity (Wildman–Crippen MR) is 94.0 cm³/mol. The van der Waals surface area contributed by atoms with Crippen LogP contribution in [0.2, 0.25) is 0 Å². The molecule has 4 nitrogen and oxygen atoms in total. The van der Waals surface area contributed by atoms with Crippen molar-refractivity contribution in [1.29, 1.82) is 0 Å². The standard InChI is InChI=1S/C18H14F3N3OS/c1-11-22-6-7-24(11)16-4-3-13(9-14(16)20)23-18(25)10-26-17-5-2-12(19)8-15(17)21/h2-9H,10H2,1H3,(H,23,25). The first-order valence-electron chi connectivity index (χ1n) is 7.61. The van der Waals surface area contributed by atoms with E-state index in [2.05, 4.69) is 10.3 Å². The van der Waals surface area contributed by atoms with E-state index in [0.717, 1.165) is 23.9 Å². The first-order chi connectivity index (χ1) is 12.4. The van der Waals surface area contributed by atoms with Gasteiger partial charge in [-0.05, 0) is 37.3 Å². The summed E-state index contributed by atoms with van der Waals surface area (Å²) in [6.45, 7) is 1.75. The number of imidazole rings is 1. The van der Waals surface area contributed by atoms with E-state index in [1.807, 2.05) is 0 Å². The molecule has 0 aliphatic rings. The van der Waals surface area contributed by atoms with Gasteiger partial charge in [0.05, 0.1) is 11.4 Å². The maximum Gasteiger partial charge on any atom is 0.234 e. The summed E-state index contributed by atoms with van der Waals surface area (Å²) >= 11 is 0.931. The van der Waals surface area contributed by atoms with E-state index in [1.54, 1.807) is 30.0 Å². The minimum atomic E-state index is -0.728. The average Bonchev–Trinajstić information content (AvgIpc) is 3.00. The number of hydrogen-bond donors (Lipinski definition) is 1. The molecule has 0 spiro atoms. The molecule has 3 rings (SSSR count). The van der Waals surface area contributed by atoms with Crippen molar-refractivity contribution in [2.24, 2.45) is 0 Å². The number of benzene rings is 2. The molecule has 1 N–H and O–H groups in total. The highest BCUT2D eigenvalue weighted by molar-refractivity contribution is 8.00. The highest BCUT2D eigenvalue weighted by atomic mass is 32.2. The molecule has 0 saturated carbocycles. The third-order valence-electron chi connectivity index (χ3n) is 3.57. The van der Waals surface area contributed by atoms with Crippen molar-refractivity contribution in [3.05, 3.63) is 72.1 Å². The number of aromatic nitrogens is 2. The fraction of sp³-hybridized carbons (Fsp3) is 0.111. The Morgan fingerprint density at radius 2 is 1.96 bits per heavy atom. The van der Waals surface area contributed by atoms with Crippen LogP contribution in [0.3, 0.4) is 0 Å². The molecular formula is C18H14F3N3OS. The molecule has 0 saturated heterocycles. The third-order valence-corrected chi connectivity index (χ3v) is 4.62. The lowest BCUT2D eigenvalue weighted by Gasteiger charge is -2.10. The Bertz CT molecular complexity index is 959. The number of nitrogens with one attached hydrogen (secondary N) is 1. The number of anilines is 1. The molecule has 2 aromatic carbocycles. The number of aryl methyl sites for hydroxylation is 1. The topological polar surface area (TPSA) is 46.9 Å². The Kier molecular flexibility index (Phi) is 5.32. The number of nitrogens with zero attached hydrogens (tertiary/aromatic N) is 2. The molecular weight excluding hydrogens is 363 g/mol. The van der Waals surface area contributed by atoms with Crippen LogP contribution >= 0.6 is 11.8 Å². The van der Waals surface area contributed by atoms with E-state index in [0.29, 0.717) is 11.5 Å². The molecule has 0 radical (unpaired) electrons. The van der Waals surface area contributed by atoms with Gasteiger partial charge in [-0.25, -0.2) is 18.2 Å². The molecule has 8 heteroatoms. The van der Waals surface area contributed by atoms with Crippen molar-refractivity contribution in [3.8, 4) is 5.69 Å². The lowest BCUT2D eigenvalue weighted by molar-refractivity contribution is -0.113. The summed E-state index contributed by atoms with van der Waals surface area (Å²) < 4.78 is 42.3. The average molecular weight is 377 g/mol. The lowest BCUT2D eigenvalue weighted by atomic mass is 10.2. The summed E-state index contributed by atoms with van der Waals surface area (Å²) in [5.74, 6) is -1.80. The van der Waals surface area contributed by atoms with Gasteiger partial charge in [-0.2, -0.15) is 0 Å². The van der Waals surface area contributed by atoms with Crippen molar-refractivity contribution in [2.45, 2.75) is 11.8 Å². The highest BCUT2D eigenvalue weighted by Crippen LogP contribution is 2.23. The maximum absolute atomic E-state index is 14.3. The van der Waals surface area contributed by atoms with Crippen molar-refractivity contribution < 1.29 is 18.0 Å². The fourth-order valence-electron chi connectivity index (χ4n) is 2.35. The van der Waals surface area contributed by atoms with Gasteiger partial charge in [-0.3, -0.25) is 4.79 Å². The number of amides is 1. The van der Waals surface area contributed by atoms with E-state index < -0.39 is 23.4 Å². The first-order valence-corrected chi connectivity index (χ1v) is 8.60. The highest BCUT2D eigenvalue weighted by Gasteiger charge is 2.11. The molecule has 1 amide bonds. The molecule has 0 aliphatic carbocycles. The van der Waals surface area contributed by atoms with E-state index in [1.165, 1.54) is 18.2 Å². The van der Waals surface area contributed by atoms with Gasteiger partial charge in [0.2, 0.25) is 5.91 Å². The third kappa shape index (κ3) is 4.08. The first kappa shape index (κ1) is 18.1. The van der Waals surface area contributed by atoms with Crippen LogP contribution in [0.1, 0.15) is 5.82 Å². The summed E-state index contributed by atoms with van der Waals surface area (Å²) in [6.07, 6.45) is 3.20. The molecule has 3 aromatic rings. The number of hydrogen-bond acceptors (Lipinski definition) is 3. The fourth-order valence-corrected chi connectivity index (χ4v) is 3.07. The summed E-state index contributed by atoms with van der Waals surface area (Å²) in [6, 6.07) is 7.45. The Hall–Kier alpha value is -2.74. The van der Waals surface area contributed by atoms with Crippen molar-refractivity contribution in [3.63, 3.8) is 0 Å². The van der Waals surface area contributed by atoms with Crippen LogP contribution in [0, 0.1) is 24.4 Å². The Balaban J connectivity index is 1.64. The van der Waals surface area contributed by atoms with Crippen LogP contribution in [0.15, 0.2) is 53.7 Å². The van der Waals surface area contributed by atoms with Gasteiger partial charge in [0.15, 0.2) is 0 Å². The Labute approximate surface area is 152 Å². The maximum atomic E-state index is 14.3. The Morgan fingerprint density at radius 3 is 2.62 bits per heavy atom. The number of thioether (sulfide) groups is 1. The van der Waals surface area contributed by atoms with Crippen LogP contribution < -0.4 is 5.32 Å². The zero-order valence-corrected chi connectivity index (χ0v) is 14.5. The van der Waals surface area contributed by atoms with Crippen LogP contribution in [0.5, 0.6) is 0 Å². The normalized spacial score (nSPS) is 10.8. The summed E-state index contributed by atoms with van der Waals surface area (Å²) in [4.78, 5) is 16.2. The number of carbonyl (C=O) groups excluding carboxylic acids is 1. The van der Waals surface area contributed by atoms with E-state index >= 15 is 0 Å². The van der Waals surface area contributed by atoms with Crippen molar-refractivity contribution in [1.82, 2.24) is 9.55 Å². The molecule has 0 bridgehead atoms. The minimum Gasteiger partial charge on any atom is -0.325 e. The quantitative estimate of drug-likeness (QED) is 0.674. The molecule has 134 valence electrons. The van der Waals surface area contributed by atoms with Gasteiger partial charge in [0.25, 0.3) is 0 Å². The summed E-state index contributed by atoms with van der Waals surface area (Å²) in [7, 11) is 0. The number of halogens is 3.